The predicted molar refractivity (Wildman–Crippen MR) is 221 cm³/mol. The molecule has 0 unspecified atom stereocenters. The van der Waals surface area contributed by atoms with E-state index < -0.39 is 0 Å². The smallest absolute Gasteiger partial charge is 0.0465 e. The zero-order valence-corrected chi connectivity index (χ0v) is 30.4. The number of allylic oxidation sites excluding steroid dienone is 1. The lowest BCUT2D eigenvalue weighted by Crippen LogP contribution is -2.17. The van der Waals surface area contributed by atoms with Crippen molar-refractivity contribution in [3.05, 3.63) is 209 Å². The van der Waals surface area contributed by atoms with Crippen molar-refractivity contribution in [2.24, 2.45) is 0 Å². The van der Waals surface area contributed by atoms with Gasteiger partial charge in [-0.2, -0.15) is 0 Å². The molecule has 9 rings (SSSR count). The van der Waals surface area contributed by atoms with Crippen LogP contribution >= 0.6 is 0 Å². The molecule has 0 N–H and O–H groups in total. The maximum absolute atomic E-state index is 2.52. The Labute approximate surface area is 308 Å². The van der Waals surface area contributed by atoms with Crippen LogP contribution in [0.15, 0.2) is 170 Å². The fourth-order valence-corrected chi connectivity index (χ4v) is 8.71. The number of benzene rings is 7. The number of fused-ring (bicyclic) bond motifs is 6. The van der Waals surface area contributed by atoms with Crippen molar-refractivity contribution in [3.63, 3.8) is 0 Å². The predicted octanol–water partition coefficient (Wildman–Crippen LogP) is 13.6. The average Bonchev–Trinajstić information content (AvgIpc) is 3.54. The largest absolute Gasteiger partial charge is 0.310 e. The highest BCUT2D eigenvalue weighted by molar-refractivity contribution is 5.91. The molecule has 0 aliphatic heterocycles. The standard InChI is InChI=1S/C51H43N/c1-50(2)46-31-36(30-38(37-19-11-6-12-20-37)29-35-17-9-5-10-18-35)25-27-42(46)44-33-49-45(34-48(44)50)43-28-26-41(32-47(43)51(49,3)4)52(39-21-13-7-14-22-39)40-23-15-8-16-24-40/h5-29,31-34H,30H2,1-4H3/b38-29-. The molecule has 0 amide bonds. The molecule has 7 aromatic rings. The Kier molecular flexibility index (Phi) is 7.63. The molecule has 0 saturated heterocycles. The number of para-hydroxylation sites is 2. The zero-order valence-electron chi connectivity index (χ0n) is 30.4. The van der Waals surface area contributed by atoms with E-state index in [0.717, 1.165) is 17.8 Å². The van der Waals surface area contributed by atoms with Crippen LogP contribution in [0.2, 0.25) is 0 Å². The topological polar surface area (TPSA) is 3.24 Å². The number of hydrogen-bond acceptors (Lipinski definition) is 1. The summed E-state index contributed by atoms with van der Waals surface area (Å²) in [6, 6.07) is 62.3. The summed E-state index contributed by atoms with van der Waals surface area (Å²) in [5, 5.41) is 0. The van der Waals surface area contributed by atoms with E-state index in [1.54, 1.807) is 0 Å². The first kappa shape index (κ1) is 32.0. The van der Waals surface area contributed by atoms with Gasteiger partial charge in [-0.15, -0.1) is 0 Å². The molecule has 2 aliphatic carbocycles. The van der Waals surface area contributed by atoms with Crippen LogP contribution in [0.5, 0.6) is 0 Å². The maximum atomic E-state index is 2.52. The molecule has 0 radical (unpaired) electrons. The molecule has 0 spiro atoms. The van der Waals surface area contributed by atoms with Crippen molar-refractivity contribution in [2.75, 3.05) is 4.90 Å². The maximum Gasteiger partial charge on any atom is 0.0465 e. The van der Waals surface area contributed by atoms with E-state index in [0.29, 0.717) is 0 Å². The third kappa shape index (κ3) is 5.31. The molecular formula is C51H43N. The van der Waals surface area contributed by atoms with Crippen LogP contribution in [-0.4, -0.2) is 0 Å². The number of anilines is 3. The first-order valence-corrected chi connectivity index (χ1v) is 18.5. The monoisotopic (exact) mass is 669 g/mol. The Balaban J connectivity index is 1.10. The van der Waals surface area contributed by atoms with Gasteiger partial charge >= 0.3 is 0 Å². The molecule has 2 aliphatic rings. The van der Waals surface area contributed by atoms with E-state index in [2.05, 4.69) is 209 Å². The third-order valence-electron chi connectivity index (χ3n) is 11.5. The minimum atomic E-state index is -0.144. The highest BCUT2D eigenvalue weighted by Crippen LogP contribution is 2.57. The van der Waals surface area contributed by atoms with Gasteiger partial charge in [0.05, 0.1) is 0 Å². The molecule has 0 bridgehead atoms. The van der Waals surface area contributed by atoms with Crippen LogP contribution in [0.25, 0.3) is 33.9 Å². The molecular weight excluding hydrogens is 627 g/mol. The number of hydrogen-bond donors (Lipinski definition) is 0. The summed E-state index contributed by atoms with van der Waals surface area (Å²) in [6.45, 7) is 9.62. The van der Waals surface area contributed by atoms with Crippen molar-refractivity contribution in [3.8, 4) is 22.3 Å². The number of rotatable bonds is 7. The molecule has 7 aromatic carbocycles. The molecule has 0 atom stereocenters. The van der Waals surface area contributed by atoms with E-state index in [4.69, 9.17) is 0 Å². The molecule has 0 heterocycles. The SMILES string of the molecule is CC1(C)c2cc(C/C(=C/c3ccccc3)c3ccccc3)ccc2-c2cc3c(cc21)-c1ccc(N(c2ccccc2)c2ccccc2)cc1C3(C)C. The fourth-order valence-electron chi connectivity index (χ4n) is 8.71. The summed E-state index contributed by atoms with van der Waals surface area (Å²) in [4.78, 5) is 2.37. The zero-order chi connectivity index (χ0) is 35.5. The summed E-state index contributed by atoms with van der Waals surface area (Å²) in [7, 11) is 0. The summed E-state index contributed by atoms with van der Waals surface area (Å²) >= 11 is 0. The summed E-state index contributed by atoms with van der Waals surface area (Å²) in [6.07, 6.45) is 3.22. The third-order valence-corrected chi connectivity index (χ3v) is 11.5. The molecule has 252 valence electrons. The lowest BCUT2D eigenvalue weighted by atomic mass is 9.79. The normalized spacial score (nSPS) is 14.7. The van der Waals surface area contributed by atoms with Gasteiger partial charge in [0.15, 0.2) is 0 Å². The van der Waals surface area contributed by atoms with Crippen molar-refractivity contribution >= 4 is 28.7 Å². The average molecular weight is 670 g/mol. The lowest BCUT2D eigenvalue weighted by Gasteiger charge is -2.28. The lowest BCUT2D eigenvalue weighted by molar-refractivity contribution is 0.651. The van der Waals surface area contributed by atoms with E-state index >= 15 is 0 Å². The van der Waals surface area contributed by atoms with Gasteiger partial charge < -0.3 is 4.90 Å². The van der Waals surface area contributed by atoms with E-state index in [-0.39, 0.29) is 10.8 Å². The summed E-state index contributed by atoms with van der Waals surface area (Å²) < 4.78 is 0. The second kappa shape index (κ2) is 12.4. The van der Waals surface area contributed by atoms with Crippen LogP contribution in [0.4, 0.5) is 17.1 Å². The Morgan fingerprint density at radius 2 is 0.904 bits per heavy atom. The molecule has 0 fully saturated rings. The minimum absolute atomic E-state index is 0.115. The van der Waals surface area contributed by atoms with Gasteiger partial charge in [-0.1, -0.05) is 155 Å². The van der Waals surface area contributed by atoms with Crippen LogP contribution in [0.1, 0.15) is 66.6 Å². The van der Waals surface area contributed by atoms with Gasteiger partial charge in [0.2, 0.25) is 0 Å². The van der Waals surface area contributed by atoms with Crippen LogP contribution < -0.4 is 4.90 Å². The second-order valence-corrected chi connectivity index (χ2v) is 15.4. The van der Waals surface area contributed by atoms with E-state index in [1.165, 1.54) is 72.5 Å². The van der Waals surface area contributed by atoms with Crippen molar-refractivity contribution in [1.82, 2.24) is 0 Å². The van der Waals surface area contributed by atoms with E-state index in [9.17, 15) is 0 Å². The van der Waals surface area contributed by atoms with Crippen LogP contribution in [0.3, 0.4) is 0 Å². The van der Waals surface area contributed by atoms with E-state index in [1.807, 2.05) is 0 Å². The van der Waals surface area contributed by atoms with Gasteiger partial charge in [0.25, 0.3) is 0 Å². The molecule has 1 heteroatoms. The van der Waals surface area contributed by atoms with Gasteiger partial charge in [0, 0.05) is 27.9 Å². The first-order valence-electron chi connectivity index (χ1n) is 18.5. The minimum Gasteiger partial charge on any atom is -0.310 e. The first-order chi connectivity index (χ1) is 25.3. The van der Waals surface area contributed by atoms with Crippen molar-refractivity contribution in [2.45, 2.75) is 44.9 Å². The number of nitrogens with zero attached hydrogens (tertiary/aromatic N) is 1. The molecule has 0 aromatic heterocycles. The van der Waals surface area contributed by atoms with Gasteiger partial charge in [-0.25, -0.2) is 0 Å². The van der Waals surface area contributed by atoms with Crippen LogP contribution in [0, 0.1) is 0 Å². The molecule has 52 heavy (non-hydrogen) atoms. The highest BCUT2D eigenvalue weighted by Gasteiger charge is 2.42. The second-order valence-electron chi connectivity index (χ2n) is 15.4. The summed E-state index contributed by atoms with van der Waals surface area (Å²) in [5.74, 6) is 0. The Morgan fingerprint density at radius 3 is 1.46 bits per heavy atom. The molecule has 0 saturated carbocycles. The highest BCUT2D eigenvalue weighted by atomic mass is 15.1. The quantitative estimate of drug-likeness (QED) is 0.153. The summed E-state index contributed by atoms with van der Waals surface area (Å²) in [5.41, 5.74) is 19.5. The Bertz CT molecular complexity index is 2410. The Hall–Kier alpha value is -5.92. The van der Waals surface area contributed by atoms with Gasteiger partial charge in [0.1, 0.15) is 0 Å². The van der Waals surface area contributed by atoms with Crippen molar-refractivity contribution < 1.29 is 0 Å². The van der Waals surface area contributed by atoms with Crippen molar-refractivity contribution in [1.29, 1.82) is 0 Å². The van der Waals surface area contributed by atoms with Gasteiger partial charge in [-0.3, -0.25) is 0 Å². The van der Waals surface area contributed by atoms with Gasteiger partial charge in [-0.05, 0) is 122 Å². The fraction of sp³-hybridized carbons (Fsp3) is 0.137. The Morgan fingerprint density at radius 1 is 0.442 bits per heavy atom. The molecule has 1 nitrogen and oxygen atoms in total. The van der Waals surface area contributed by atoms with Crippen LogP contribution in [-0.2, 0) is 17.3 Å².